The highest BCUT2D eigenvalue weighted by Gasteiger charge is 2.20. The Labute approximate surface area is 237 Å². The third kappa shape index (κ3) is 6.25. The first kappa shape index (κ1) is 27.5. The Balaban J connectivity index is 1.28. The van der Waals surface area contributed by atoms with Crippen molar-refractivity contribution in [2.75, 3.05) is 5.73 Å². The summed E-state index contributed by atoms with van der Waals surface area (Å²) < 4.78 is 35.7. The van der Waals surface area contributed by atoms with Crippen LogP contribution in [0.4, 0.5) is 10.6 Å². The van der Waals surface area contributed by atoms with Crippen LogP contribution < -0.4 is 15.8 Å². The Morgan fingerprint density at radius 3 is 2.29 bits per heavy atom. The molecule has 0 spiro atoms. The minimum atomic E-state index is -3.38. The predicted octanol–water partition coefficient (Wildman–Crippen LogP) is 5.52. The summed E-state index contributed by atoms with van der Waals surface area (Å²) in [6, 6.07) is 24.5. The van der Waals surface area contributed by atoms with Crippen LogP contribution in [0.2, 0.25) is 0 Å². The van der Waals surface area contributed by atoms with Crippen molar-refractivity contribution in [3.8, 4) is 39.7 Å². The van der Waals surface area contributed by atoms with Gasteiger partial charge in [-0.25, -0.2) is 23.2 Å². The quantitative estimate of drug-likeness (QED) is 0.246. The van der Waals surface area contributed by atoms with Crippen LogP contribution >= 0.6 is 0 Å². The molecule has 0 atom stereocenters. The van der Waals surface area contributed by atoms with E-state index in [1.165, 1.54) is 6.20 Å². The van der Waals surface area contributed by atoms with E-state index >= 15 is 0 Å². The van der Waals surface area contributed by atoms with Crippen LogP contribution in [0, 0.1) is 0 Å². The number of rotatable bonds is 8. The van der Waals surface area contributed by atoms with Gasteiger partial charge in [0.15, 0.2) is 27.1 Å². The molecule has 11 heteroatoms. The van der Waals surface area contributed by atoms with Gasteiger partial charge in [-0.15, -0.1) is 0 Å². The number of sulfone groups is 1. The fourth-order valence-corrected chi connectivity index (χ4v) is 4.99. The third-order valence-electron chi connectivity index (χ3n) is 6.28. The maximum absolute atomic E-state index is 12.4. The molecule has 3 N–H and O–H groups in total. The van der Waals surface area contributed by atoms with Crippen LogP contribution in [0.25, 0.3) is 34.0 Å². The second-order valence-corrected chi connectivity index (χ2v) is 11.9. The van der Waals surface area contributed by atoms with Gasteiger partial charge in [-0.3, -0.25) is 0 Å². The molecule has 0 bridgehead atoms. The van der Waals surface area contributed by atoms with Gasteiger partial charge >= 0.3 is 6.09 Å². The minimum absolute atomic E-state index is 0.166. The Hall–Kier alpha value is -5.03. The molecule has 0 aliphatic rings. The first-order valence-electron chi connectivity index (χ1n) is 12.7. The first-order chi connectivity index (χ1) is 19.7. The monoisotopic (exact) mass is 569 g/mol. The summed E-state index contributed by atoms with van der Waals surface area (Å²) in [5, 5.41) is 6.36. The van der Waals surface area contributed by atoms with E-state index in [2.05, 4.69) is 20.4 Å². The first-order valence-corrected chi connectivity index (χ1v) is 14.3. The van der Waals surface area contributed by atoms with E-state index in [1.54, 1.807) is 68.4 Å². The van der Waals surface area contributed by atoms with E-state index in [1.807, 2.05) is 30.3 Å². The standard InChI is InChI=1S/C30H27N5O5S/c1-19(2)41(37,38)24-14-12-22(13-15-24)26-18-32-29(31)28(34-26)27-16-25(35-40-27)21-10-8-20(9-11-21)17-33-30(36)39-23-6-4-3-5-7-23/h3-16,18-19H,17H2,1-2H3,(H2,31,32)(H,33,36). The van der Waals surface area contributed by atoms with Gasteiger partial charge in [-0.2, -0.15) is 0 Å². The van der Waals surface area contributed by atoms with Crippen LogP contribution in [0.5, 0.6) is 5.75 Å². The SMILES string of the molecule is CC(C)S(=O)(=O)c1ccc(-c2cnc(N)c(-c3cc(-c4ccc(CNC(=O)Oc5ccccc5)cc4)no3)n2)cc1. The summed E-state index contributed by atoms with van der Waals surface area (Å²) in [7, 11) is -3.38. The molecule has 2 aromatic heterocycles. The number of para-hydroxylation sites is 1. The molecule has 1 amide bonds. The van der Waals surface area contributed by atoms with E-state index in [0.29, 0.717) is 40.7 Å². The van der Waals surface area contributed by atoms with Gasteiger partial charge in [0.2, 0.25) is 0 Å². The summed E-state index contributed by atoms with van der Waals surface area (Å²) in [5.41, 5.74) is 9.83. The molecule has 208 valence electrons. The van der Waals surface area contributed by atoms with Crippen molar-refractivity contribution in [1.82, 2.24) is 20.4 Å². The largest absolute Gasteiger partial charge is 0.412 e. The Morgan fingerprint density at radius 1 is 0.951 bits per heavy atom. The molecule has 0 saturated heterocycles. The number of nitrogens with two attached hydrogens (primary N) is 1. The topological polar surface area (TPSA) is 150 Å². The zero-order valence-corrected chi connectivity index (χ0v) is 23.1. The van der Waals surface area contributed by atoms with E-state index in [9.17, 15) is 13.2 Å². The summed E-state index contributed by atoms with van der Waals surface area (Å²) in [6.07, 6.45) is 0.976. The maximum Gasteiger partial charge on any atom is 0.412 e. The highest BCUT2D eigenvalue weighted by Crippen LogP contribution is 2.30. The molecule has 0 saturated carbocycles. The van der Waals surface area contributed by atoms with E-state index in [4.69, 9.17) is 15.0 Å². The van der Waals surface area contributed by atoms with Gasteiger partial charge in [-0.05, 0) is 43.7 Å². The van der Waals surface area contributed by atoms with Gasteiger partial charge in [0.25, 0.3) is 0 Å². The highest BCUT2D eigenvalue weighted by molar-refractivity contribution is 7.92. The number of benzene rings is 3. The molecule has 2 heterocycles. The van der Waals surface area contributed by atoms with Crippen LogP contribution in [0.1, 0.15) is 19.4 Å². The number of aromatic nitrogens is 3. The fraction of sp³-hybridized carbons (Fsp3) is 0.133. The highest BCUT2D eigenvalue weighted by atomic mass is 32.2. The van der Waals surface area contributed by atoms with Gasteiger partial charge in [-0.1, -0.05) is 59.8 Å². The number of amides is 1. The molecule has 0 radical (unpaired) electrons. The number of nitrogens with zero attached hydrogens (tertiary/aromatic N) is 3. The molecule has 5 aromatic rings. The Kier molecular flexibility index (Phi) is 7.79. The molecular weight excluding hydrogens is 542 g/mol. The lowest BCUT2D eigenvalue weighted by molar-refractivity contribution is 0.200. The van der Waals surface area contributed by atoms with Crippen molar-refractivity contribution in [3.63, 3.8) is 0 Å². The zero-order valence-electron chi connectivity index (χ0n) is 22.3. The van der Waals surface area contributed by atoms with Gasteiger partial charge in [0, 0.05) is 23.7 Å². The average molecular weight is 570 g/mol. The van der Waals surface area contributed by atoms with Crippen LogP contribution in [0.15, 0.2) is 101 Å². The van der Waals surface area contributed by atoms with Crippen molar-refractivity contribution in [2.24, 2.45) is 0 Å². The lowest BCUT2D eigenvalue weighted by Crippen LogP contribution is -2.26. The lowest BCUT2D eigenvalue weighted by atomic mass is 10.1. The number of anilines is 1. The van der Waals surface area contributed by atoms with Gasteiger partial charge in [0.1, 0.15) is 11.4 Å². The number of ether oxygens (including phenoxy) is 1. The van der Waals surface area contributed by atoms with Crippen LogP contribution in [0.3, 0.4) is 0 Å². The summed E-state index contributed by atoms with van der Waals surface area (Å²) in [6.45, 7) is 3.58. The summed E-state index contributed by atoms with van der Waals surface area (Å²) in [5.74, 6) is 0.965. The molecule has 3 aromatic carbocycles. The molecule has 41 heavy (non-hydrogen) atoms. The number of carbonyl (C=O) groups excluding carboxylic acids is 1. The molecule has 10 nitrogen and oxygen atoms in total. The number of hydrogen-bond donors (Lipinski definition) is 2. The average Bonchev–Trinajstić information content (AvgIpc) is 3.47. The van der Waals surface area contributed by atoms with E-state index in [-0.39, 0.29) is 10.7 Å². The second kappa shape index (κ2) is 11.6. The Morgan fingerprint density at radius 2 is 1.61 bits per heavy atom. The Bertz CT molecular complexity index is 1770. The van der Waals surface area contributed by atoms with Crippen molar-refractivity contribution < 1.29 is 22.5 Å². The number of carbonyl (C=O) groups is 1. The predicted molar refractivity (Wildman–Crippen MR) is 154 cm³/mol. The smallest absolute Gasteiger partial charge is 0.410 e. The van der Waals surface area contributed by atoms with Crippen LogP contribution in [-0.4, -0.2) is 34.9 Å². The second-order valence-electron chi connectivity index (χ2n) is 9.44. The van der Waals surface area contributed by atoms with Crippen molar-refractivity contribution >= 4 is 21.7 Å². The maximum atomic E-state index is 12.4. The van der Waals surface area contributed by atoms with Crippen molar-refractivity contribution in [1.29, 1.82) is 0 Å². The molecule has 5 rings (SSSR count). The minimum Gasteiger partial charge on any atom is -0.410 e. The fourth-order valence-electron chi connectivity index (χ4n) is 3.93. The molecule has 0 unspecified atom stereocenters. The summed E-state index contributed by atoms with van der Waals surface area (Å²) >= 11 is 0. The van der Waals surface area contributed by atoms with Crippen molar-refractivity contribution in [3.05, 3.63) is 96.7 Å². The van der Waals surface area contributed by atoms with Crippen molar-refractivity contribution in [2.45, 2.75) is 30.5 Å². The number of nitrogen functional groups attached to an aromatic ring is 1. The number of hydrogen-bond acceptors (Lipinski definition) is 9. The lowest BCUT2D eigenvalue weighted by Gasteiger charge is -2.09. The van der Waals surface area contributed by atoms with E-state index < -0.39 is 21.2 Å². The molecule has 0 aliphatic carbocycles. The third-order valence-corrected chi connectivity index (χ3v) is 8.45. The van der Waals surface area contributed by atoms with Gasteiger partial charge < -0.3 is 20.3 Å². The zero-order chi connectivity index (χ0) is 29.0. The number of nitrogens with one attached hydrogen (secondary N) is 1. The van der Waals surface area contributed by atoms with E-state index in [0.717, 1.165) is 11.1 Å². The summed E-state index contributed by atoms with van der Waals surface area (Å²) in [4.78, 5) is 21.1. The normalized spacial score (nSPS) is 11.4. The molecule has 0 fully saturated rings. The van der Waals surface area contributed by atoms with Crippen LogP contribution in [-0.2, 0) is 16.4 Å². The van der Waals surface area contributed by atoms with Gasteiger partial charge in [0.05, 0.1) is 22.0 Å². The molecular formula is C30H27N5O5S. The molecule has 0 aliphatic heterocycles.